The number of carbonyl (C=O) groups excluding carboxylic acids is 1. The summed E-state index contributed by atoms with van der Waals surface area (Å²) in [5.74, 6) is -1.30. The largest absolute Gasteiger partial charge is 0.480 e. The quantitative estimate of drug-likeness (QED) is 0.841. The minimum atomic E-state index is -0.931. The first-order valence-electron chi connectivity index (χ1n) is 5.66. The van der Waals surface area contributed by atoms with Crippen LogP contribution in [0.2, 0.25) is 0 Å². The van der Waals surface area contributed by atoms with E-state index in [1.54, 1.807) is 6.92 Å². The van der Waals surface area contributed by atoms with E-state index in [2.05, 4.69) is 5.32 Å². The lowest BCUT2D eigenvalue weighted by molar-refractivity contribution is -0.142. The van der Waals surface area contributed by atoms with E-state index in [-0.39, 0.29) is 17.7 Å². The Bertz CT molecular complexity index is 411. The van der Waals surface area contributed by atoms with Crippen LogP contribution < -0.4 is 5.32 Å². The lowest BCUT2D eigenvalue weighted by Gasteiger charge is -2.16. The Kier molecular flexibility index (Phi) is 3.47. The zero-order valence-electron chi connectivity index (χ0n) is 9.55. The van der Waals surface area contributed by atoms with Crippen LogP contribution in [0.5, 0.6) is 0 Å². The molecule has 1 saturated carbocycles. The molecule has 1 heterocycles. The number of carboxylic acids is 1. The van der Waals surface area contributed by atoms with Gasteiger partial charge in [0.15, 0.2) is 0 Å². The number of carbonyl (C=O) groups is 2. The van der Waals surface area contributed by atoms with Crippen LogP contribution in [0, 0.1) is 5.92 Å². The highest BCUT2D eigenvalue weighted by molar-refractivity contribution is 7.10. The van der Waals surface area contributed by atoms with E-state index in [4.69, 9.17) is 5.11 Å². The normalized spacial score (nSPS) is 18.4. The summed E-state index contributed by atoms with van der Waals surface area (Å²) in [5.41, 5.74) is 0. The Hall–Kier alpha value is -1.36. The summed E-state index contributed by atoms with van der Waals surface area (Å²) in [6.07, 6.45) is 1.79. The molecule has 0 radical (unpaired) electrons. The highest BCUT2D eigenvalue weighted by Gasteiger charge is 2.38. The van der Waals surface area contributed by atoms with Crippen molar-refractivity contribution in [3.63, 3.8) is 0 Å². The molecule has 0 aromatic carbocycles. The van der Waals surface area contributed by atoms with Crippen molar-refractivity contribution in [3.8, 4) is 0 Å². The van der Waals surface area contributed by atoms with Crippen molar-refractivity contribution in [1.82, 2.24) is 5.32 Å². The molecule has 1 aliphatic carbocycles. The third-order valence-corrected chi connectivity index (χ3v) is 4.08. The number of aliphatic carboxylic acids is 1. The Morgan fingerprint density at radius 2 is 2.24 bits per heavy atom. The van der Waals surface area contributed by atoms with Crippen LogP contribution in [0.4, 0.5) is 0 Å². The molecule has 2 atom stereocenters. The minimum Gasteiger partial charge on any atom is -0.480 e. The Morgan fingerprint density at radius 1 is 1.53 bits per heavy atom. The molecular weight excluding hydrogens is 238 g/mol. The Balaban J connectivity index is 1.98. The predicted octanol–water partition coefficient (Wildman–Crippen LogP) is 1.83. The molecular formula is C12H15NO3S. The standard InChI is InChI=1S/C12H15NO3S/c1-7(9-3-2-6-17-9)11(14)13-10(12(15)16)8-4-5-8/h2-3,6-8,10H,4-5H2,1H3,(H,13,14)(H,15,16). The monoisotopic (exact) mass is 253 g/mol. The number of rotatable bonds is 5. The van der Waals surface area contributed by atoms with Crippen LogP contribution >= 0.6 is 11.3 Å². The molecule has 1 aliphatic rings. The summed E-state index contributed by atoms with van der Waals surface area (Å²) in [7, 11) is 0. The average molecular weight is 253 g/mol. The highest BCUT2D eigenvalue weighted by Crippen LogP contribution is 2.33. The maximum absolute atomic E-state index is 11.9. The molecule has 0 spiro atoms. The lowest BCUT2D eigenvalue weighted by Crippen LogP contribution is -2.43. The summed E-state index contributed by atoms with van der Waals surface area (Å²) in [6.45, 7) is 1.80. The third-order valence-electron chi connectivity index (χ3n) is 3.02. The van der Waals surface area contributed by atoms with Crippen molar-refractivity contribution in [3.05, 3.63) is 22.4 Å². The second-order valence-electron chi connectivity index (χ2n) is 4.40. The SMILES string of the molecule is CC(C(=O)NC(C(=O)O)C1CC1)c1cccs1. The van der Waals surface area contributed by atoms with Crippen molar-refractivity contribution in [1.29, 1.82) is 0 Å². The number of thiophene rings is 1. The molecule has 1 aromatic rings. The summed E-state index contributed by atoms with van der Waals surface area (Å²) in [4.78, 5) is 23.9. The molecule has 1 fully saturated rings. The number of amides is 1. The summed E-state index contributed by atoms with van der Waals surface area (Å²) in [6, 6.07) is 3.06. The second kappa shape index (κ2) is 4.87. The number of nitrogens with one attached hydrogen (secondary N) is 1. The van der Waals surface area contributed by atoms with Crippen molar-refractivity contribution in [2.45, 2.75) is 31.7 Å². The maximum Gasteiger partial charge on any atom is 0.326 e. The molecule has 0 aliphatic heterocycles. The molecule has 5 heteroatoms. The van der Waals surface area contributed by atoms with Gasteiger partial charge in [0, 0.05) is 4.88 Å². The third kappa shape index (κ3) is 2.85. The Labute approximate surface area is 104 Å². The van der Waals surface area contributed by atoms with Crippen molar-refractivity contribution in [2.75, 3.05) is 0 Å². The van der Waals surface area contributed by atoms with Gasteiger partial charge in [-0.05, 0) is 37.1 Å². The van der Waals surface area contributed by atoms with E-state index in [9.17, 15) is 9.59 Å². The maximum atomic E-state index is 11.9. The van der Waals surface area contributed by atoms with Gasteiger partial charge in [0.25, 0.3) is 0 Å². The fourth-order valence-electron chi connectivity index (χ4n) is 1.76. The fraction of sp³-hybridized carbons (Fsp3) is 0.500. The van der Waals surface area contributed by atoms with Crippen LogP contribution in [0.25, 0.3) is 0 Å². The van der Waals surface area contributed by atoms with Gasteiger partial charge in [0.2, 0.25) is 5.91 Å². The molecule has 1 aromatic heterocycles. The van der Waals surface area contributed by atoms with Crippen molar-refractivity contribution < 1.29 is 14.7 Å². The molecule has 1 amide bonds. The minimum absolute atomic E-state index is 0.118. The molecule has 0 saturated heterocycles. The zero-order valence-corrected chi connectivity index (χ0v) is 10.4. The summed E-state index contributed by atoms with van der Waals surface area (Å²) < 4.78 is 0. The zero-order chi connectivity index (χ0) is 12.4. The van der Waals surface area contributed by atoms with E-state index in [1.807, 2.05) is 17.5 Å². The number of hydrogen-bond donors (Lipinski definition) is 2. The molecule has 17 heavy (non-hydrogen) atoms. The lowest BCUT2D eigenvalue weighted by atomic mass is 10.1. The van der Waals surface area contributed by atoms with Gasteiger partial charge in [0.05, 0.1) is 5.92 Å². The van der Waals surface area contributed by atoms with E-state index < -0.39 is 12.0 Å². The van der Waals surface area contributed by atoms with Crippen LogP contribution in [0.3, 0.4) is 0 Å². The van der Waals surface area contributed by atoms with Gasteiger partial charge in [-0.2, -0.15) is 0 Å². The van der Waals surface area contributed by atoms with Crippen molar-refractivity contribution >= 4 is 23.2 Å². The van der Waals surface area contributed by atoms with Gasteiger partial charge >= 0.3 is 5.97 Å². The van der Waals surface area contributed by atoms with Gasteiger partial charge in [-0.3, -0.25) is 4.79 Å². The smallest absolute Gasteiger partial charge is 0.326 e. The fourth-order valence-corrected chi connectivity index (χ4v) is 2.54. The van der Waals surface area contributed by atoms with E-state index in [0.29, 0.717) is 0 Å². The van der Waals surface area contributed by atoms with Crippen LogP contribution in [-0.4, -0.2) is 23.0 Å². The van der Waals surface area contributed by atoms with E-state index >= 15 is 0 Å². The first-order chi connectivity index (χ1) is 8.09. The first-order valence-corrected chi connectivity index (χ1v) is 6.54. The molecule has 4 nitrogen and oxygen atoms in total. The predicted molar refractivity (Wildman–Crippen MR) is 65.0 cm³/mol. The molecule has 2 rings (SSSR count). The van der Waals surface area contributed by atoms with Gasteiger partial charge in [-0.25, -0.2) is 4.79 Å². The topological polar surface area (TPSA) is 66.4 Å². The van der Waals surface area contributed by atoms with Gasteiger partial charge in [-0.1, -0.05) is 6.07 Å². The van der Waals surface area contributed by atoms with E-state index in [0.717, 1.165) is 17.7 Å². The molecule has 92 valence electrons. The summed E-state index contributed by atoms with van der Waals surface area (Å²) in [5, 5.41) is 13.6. The van der Waals surface area contributed by atoms with Gasteiger partial charge in [-0.15, -0.1) is 11.3 Å². The highest BCUT2D eigenvalue weighted by atomic mass is 32.1. The van der Waals surface area contributed by atoms with Crippen LogP contribution in [0.1, 0.15) is 30.6 Å². The number of hydrogen-bond acceptors (Lipinski definition) is 3. The van der Waals surface area contributed by atoms with Gasteiger partial charge < -0.3 is 10.4 Å². The average Bonchev–Trinajstić information content (AvgIpc) is 2.98. The Morgan fingerprint density at radius 3 is 2.71 bits per heavy atom. The van der Waals surface area contributed by atoms with Crippen molar-refractivity contribution in [2.24, 2.45) is 5.92 Å². The second-order valence-corrected chi connectivity index (χ2v) is 5.38. The van der Waals surface area contributed by atoms with E-state index in [1.165, 1.54) is 11.3 Å². The number of carboxylic acid groups (broad SMARTS) is 1. The summed E-state index contributed by atoms with van der Waals surface area (Å²) >= 11 is 1.51. The van der Waals surface area contributed by atoms with Crippen LogP contribution in [0.15, 0.2) is 17.5 Å². The molecule has 0 bridgehead atoms. The van der Waals surface area contributed by atoms with Crippen LogP contribution in [-0.2, 0) is 9.59 Å². The first kappa shape index (κ1) is 12.1. The van der Waals surface area contributed by atoms with Gasteiger partial charge in [0.1, 0.15) is 6.04 Å². The molecule has 2 unspecified atom stereocenters. The molecule has 2 N–H and O–H groups in total.